The van der Waals surface area contributed by atoms with Gasteiger partial charge < -0.3 is 10.3 Å². The van der Waals surface area contributed by atoms with E-state index in [4.69, 9.17) is 12.2 Å². The van der Waals surface area contributed by atoms with Crippen molar-refractivity contribution in [1.82, 2.24) is 14.9 Å². The second kappa shape index (κ2) is 6.65. The zero-order chi connectivity index (χ0) is 18.4. The van der Waals surface area contributed by atoms with Crippen LogP contribution in [-0.2, 0) is 6.54 Å². The Morgan fingerprint density at radius 2 is 2.19 bits per heavy atom. The van der Waals surface area contributed by atoms with E-state index >= 15 is 0 Å². The molecule has 0 aliphatic heterocycles. The summed E-state index contributed by atoms with van der Waals surface area (Å²) in [6.45, 7) is 4.53. The van der Waals surface area contributed by atoms with Crippen LogP contribution in [0.15, 0.2) is 23.0 Å². The number of H-pyrrole nitrogens is 1. The second-order valence-electron chi connectivity index (χ2n) is 7.84. The number of carbonyl (C=O) groups is 1. The molecule has 4 rings (SSSR count). The molecule has 0 spiro atoms. The zero-order valence-electron chi connectivity index (χ0n) is 15.2. The minimum absolute atomic E-state index is 0.0823. The first-order chi connectivity index (χ1) is 12.5. The van der Waals surface area contributed by atoms with Crippen LogP contribution in [0.5, 0.6) is 0 Å². The van der Waals surface area contributed by atoms with Crippen molar-refractivity contribution in [2.45, 2.75) is 52.1 Å². The molecule has 4 atom stereocenters. The van der Waals surface area contributed by atoms with Gasteiger partial charge in [0.05, 0.1) is 10.9 Å². The molecule has 5 nitrogen and oxygen atoms in total. The number of hydrogen-bond acceptors (Lipinski definition) is 3. The SMILES string of the molecule is CCn1c(=S)[nH]c2cc(C(=O)N[C@@H](C)[C@@H]3C[C@H]4CC[C@H]3C4)ccc2c1=O. The van der Waals surface area contributed by atoms with Gasteiger partial charge in [0, 0.05) is 18.2 Å². The summed E-state index contributed by atoms with van der Waals surface area (Å²) in [6.07, 6.45) is 5.25. The molecule has 1 heterocycles. The van der Waals surface area contributed by atoms with Gasteiger partial charge >= 0.3 is 0 Å². The number of benzene rings is 1. The first-order valence-electron chi connectivity index (χ1n) is 9.55. The third-order valence-electron chi connectivity index (χ3n) is 6.35. The van der Waals surface area contributed by atoms with Gasteiger partial charge in [-0.05, 0) is 81.3 Å². The molecule has 2 aromatic rings. The Balaban J connectivity index is 1.57. The van der Waals surface area contributed by atoms with Crippen LogP contribution in [0.3, 0.4) is 0 Å². The maximum absolute atomic E-state index is 12.7. The minimum atomic E-state index is -0.117. The minimum Gasteiger partial charge on any atom is -0.349 e. The lowest BCUT2D eigenvalue weighted by Crippen LogP contribution is -2.40. The van der Waals surface area contributed by atoms with Gasteiger partial charge in [-0.2, -0.15) is 0 Å². The van der Waals surface area contributed by atoms with Crippen molar-refractivity contribution in [1.29, 1.82) is 0 Å². The topological polar surface area (TPSA) is 66.9 Å². The Bertz CT molecular complexity index is 977. The normalized spacial score (nSPS) is 25.5. The fourth-order valence-corrected chi connectivity index (χ4v) is 5.31. The number of hydrogen-bond donors (Lipinski definition) is 2. The second-order valence-corrected chi connectivity index (χ2v) is 8.23. The van der Waals surface area contributed by atoms with Crippen LogP contribution in [0.2, 0.25) is 0 Å². The molecule has 138 valence electrons. The van der Waals surface area contributed by atoms with Gasteiger partial charge in [-0.25, -0.2) is 0 Å². The summed E-state index contributed by atoms with van der Waals surface area (Å²) < 4.78 is 1.91. The summed E-state index contributed by atoms with van der Waals surface area (Å²) in [4.78, 5) is 28.3. The molecular weight excluding hydrogens is 346 g/mol. The van der Waals surface area contributed by atoms with Crippen molar-refractivity contribution in [2.75, 3.05) is 0 Å². The van der Waals surface area contributed by atoms with Gasteiger partial charge in [0.2, 0.25) is 0 Å². The van der Waals surface area contributed by atoms with E-state index in [1.807, 2.05) is 6.92 Å². The molecule has 2 bridgehead atoms. The molecule has 1 aromatic heterocycles. The van der Waals surface area contributed by atoms with E-state index in [1.54, 1.807) is 18.2 Å². The fraction of sp³-hybridized carbons (Fsp3) is 0.550. The maximum Gasteiger partial charge on any atom is 0.262 e. The molecule has 6 heteroatoms. The first kappa shape index (κ1) is 17.5. The molecule has 2 N–H and O–H groups in total. The molecule has 2 fully saturated rings. The molecule has 2 aliphatic rings. The molecule has 2 aliphatic carbocycles. The van der Waals surface area contributed by atoms with Crippen molar-refractivity contribution in [3.63, 3.8) is 0 Å². The highest BCUT2D eigenvalue weighted by molar-refractivity contribution is 7.71. The quantitative estimate of drug-likeness (QED) is 0.807. The average Bonchev–Trinajstić information content (AvgIpc) is 3.25. The summed E-state index contributed by atoms with van der Waals surface area (Å²) in [5.74, 6) is 2.16. The monoisotopic (exact) mass is 371 g/mol. The lowest BCUT2D eigenvalue weighted by Gasteiger charge is -2.28. The lowest BCUT2D eigenvalue weighted by atomic mass is 9.84. The van der Waals surface area contributed by atoms with E-state index in [1.165, 1.54) is 30.3 Å². The number of rotatable bonds is 4. The highest BCUT2D eigenvalue weighted by atomic mass is 32.1. The van der Waals surface area contributed by atoms with Gasteiger partial charge in [0.15, 0.2) is 4.77 Å². The third-order valence-corrected chi connectivity index (χ3v) is 6.68. The molecule has 26 heavy (non-hydrogen) atoms. The van der Waals surface area contributed by atoms with Crippen molar-refractivity contribution in [3.05, 3.63) is 38.9 Å². The number of aromatic amines is 1. The van der Waals surface area contributed by atoms with E-state index in [0.29, 0.717) is 33.7 Å². The van der Waals surface area contributed by atoms with Crippen LogP contribution in [0.1, 0.15) is 49.9 Å². The number of fused-ring (bicyclic) bond motifs is 3. The van der Waals surface area contributed by atoms with E-state index in [-0.39, 0.29) is 17.5 Å². The smallest absolute Gasteiger partial charge is 0.262 e. The Hall–Kier alpha value is -1.95. The summed E-state index contributed by atoms with van der Waals surface area (Å²) in [6, 6.07) is 5.35. The molecular formula is C20H25N3O2S. The van der Waals surface area contributed by atoms with Crippen LogP contribution in [0.4, 0.5) is 0 Å². The van der Waals surface area contributed by atoms with E-state index in [2.05, 4.69) is 17.2 Å². The van der Waals surface area contributed by atoms with Crippen molar-refractivity contribution in [2.24, 2.45) is 17.8 Å². The molecule has 1 amide bonds. The van der Waals surface area contributed by atoms with Crippen LogP contribution < -0.4 is 10.9 Å². The van der Waals surface area contributed by atoms with Crippen LogP contribution >= 0.6 is 12.2 Å². The van der Waals surface area contributed by atoms with E-state index in [0.717, 1.165) is 11.8 Å². The molecule has 0 unspecified atom stereocenters. The van der Waals surface area contributed by atoms with Gasteiger partial charge in [-0.3, -0.25) is 14.2 Å². The predicted octanol–water partition coefficient (Wildman–Crippen LogP) is 3.63. The Morgan fingerprint density at radius 3 is 2.85 bits per heavy atom. The third kappa shape index (κ3) is 2.90. The number of nitrogens with one attached hydrogen (secondary N) is 2. The zero-order valence-corrected chi connectivity index (χ0v) is 16.1. The van der Waals surface area contributed by atoms with Crippen LogP contribution in [0.25, 0.3) is 10.9 Å². The fourth-order valence-electron chi connectivity index (χ4n) is 4.99. The van der Waals surface area contributed by atoms with Crippen molar-refractivity contribution in [3.8, 4) is 0 Å². The standard InChI is InChI=1S/C20H25N3O2S/c1-3-23-19(25)15-7-6-14(10-17(15)22-20(23)26)18(24)21-11(2)16-9-12-4-5-13(16)8-12/h6-7,10-13,16H,3-5,8-9H2,1-2H3,(H,21,24)(H,22,26)/t11-,12-,13-,16-/m0/s1. The molecule has 1 aromatic carbocycles. The highest BCUT2D eigenvalue weighted by Gasteiger charge is 2.42. The summed E-state index contributed by atoms with van der Waals surface area (Å²) in [7, 11) is 0. The van der Waals surface area contributed by atoms with Gasteiger partial charge in [0.25, 0.3) is 11.5 Å². The summed E-state index contributed by atoms with van der Waals surface area (Å²) in [5, 5.41) is 3.73. The number of nitrogens with zero attached hydrogens (tertiary/aromatic N) is 1. The van der Waals surface area contributed by atoms with Crippen molar-refractivity contribution < 1.29 is 4.79 Å². The largest absolute Gasteiger partial charge is 0.349 e. The summed E-state index contributed by atoms with van der Waals surface area (Å²) in [5.41, 5.74) is 1.06. The lowest BCUT2D eigenvalue weighted by molar-refractivity contribution is 0.0915. The van der Waals surface area contributed by atoms with Crippen LogP contribution in [-0.4, -0.2) is 21.5 Å². The van der Waals surface area contributed by atoms with Gasteiger partial charge in [0.1, 0.15) is 0 Å². The average molecular weight is 372 g/mol. The Kier molecular flexibility index (Phi) is 4.47. The molecule has 0 radical (unpaired) electrons. The Labute approximate surface area is 157 Å². The van der Waals surface area contributed by atoms with Gasteiger partial charge in [-0.1, -0.05) is 6.42 Å². The predicted molar refractivity (Wildman–Crippen MR) is 105 cm³/mol. The first-order valence-corrected chi connectivity index (χ1v) is 9.96. The van der Waals surface area contributed by atoms with Crippen molar-refractivity contribution >= 4 is 29.0 Å². The molecule has 0 saturated heterocycles. The van der Waals surface area contributed by atoms with Gasteiger partial charge in [-0.15, -0.1) is 0 Å². The maximum atomic E-state index is 12.7. The Morgan fingerprint density at radius 1 is 1.38 bits per heavy atom. The summed E-state index contributed by atoms with van der Waals surface area (Å²) >= 11 is 5.25. The molecule has 2 saturated carbocycles. The van der Waals surface area contributed by atoms with Crippen LogP contribution in [0, 0.1) is 22.5 Å². The number of aromatic nitrogens is 2. The highest BCUT2D eigenvalue weighted by Crippen LogP contribution is 2.49. The number of amides is 1. The number of carbonyl (C=O) groups excluding carboxylic acids is 1. The van der Waals surface area contributed by atoms with E-state index < -0.39 is 0 Å². The van der Waals surface area contributed by atoms with E-state index in [9.17, 15) is 9.59 Å².